The summed E-state index contributed by atoms with van der Waals surface area (Å²) < 4.78 is 0. The normalized spacial score (nSPS) is 17.3. The molecule has 0 amide bonds. The SMILES string of the molecule is CCc1c(N)ncnc1NC1CCCCC1. The van der Waals surface area contributed by atoms with Gasteiger partial charge in [-0.2, -0.15) is 0 Å². The minimum absolute atomic E-state index is 0.563. The van der Waals surface area contributed by atoms with Crippen molar-refractivity contribution in [3.05, 3.63) is 11.9 Å². The Labute approximate surface area is 96.7 Å². The van der Waals surface area contributed by atoms with Gasteiger partial charge in [0.1, 0.15) is 18.0 Å². The van der Waals surface area contributed by atoms with Gasteiger partial charge < -0.3 is 11.1 Å². The van der Waals surface area contributed by atoms with Crippen molar-refractivity contribution in [2.45, 2.75) is 51.5 Å². The first-order valence-corrected chi connectivity index (χ1v) is 6.17. The fourth-order valence-electron chi connectivity index (χ4n) is 2.34. The van der Waals surface area contributed by atoms with Crippen LogP contribution in [0.1, 0.15) is 44.6 Å². The van der Waals surface area contributed by atoms with Crippen LogP contribution in [0.25, 0.3) is 0 Å². The highest BCUT2D eigenvalue weighted by atomic mass is 15.1. The van der Waals surface area contributed by atoms with E-state index < -0.39 is 0 Å². The third kappa shape index (κ3) is 2.43. The smallest absolute Gasteiger partial charge is 0.134 e. The molecule has 1 fully saturated rings. The second-order valence-electron chi connectivity index (χ2n) is 4.42. The number of nitrogens with zero attached hydrogens (tertiary/aromatic N) is 2. The van der Waals surface area contributed by atoms with Crippen molar-refractivity contribution in [3.8, 4) is 0 Å². The van der Waals surface area contributed by atoms with E-state index in [0.717, 1.165) is 17.8 Å². The van der Waals surface area contributed by atoms with Crippen molar-refractivity contribution in [2.24, 2.45) is 0 Å². The molecule has 0 spiro atoms. The molecular formula is C12H20N4. The van der Waals surface area contributed by atoms with Crippen LogP contribution in [-0.2, 0) is 6.42 Å². The molecule has 1 heterocycles. The third-order valence-corrected chi connectivity index (χ3v) is 3.28. The predicted molar refractivity (Wildman–Crippen MR) is 66.3 cm³/mol. The zero-order chi connectivity index (χ0) is 11.4. The maximum atomic E-state index is 5.85. The number of nitrogens with one attached hydrogen (secondary N) is 1. The summed E-state index contributed by atoms with van der Waals surface area (Å²) >= 11 is 0. The monoisotopic (exact) mass is 220 g/mol. The van der Waals surface area contributed by atoms with Gasteiger partial charge in [-0.25, -0.2) is 9.97 Å². The molecule has 0 unspecified atom stereocenters. The maximum absolute atomic E-state index is 5.85. The van der Waals surface area contributed by atoms with Crippen LogP contribution in [0.3, 0.4) is 0 Å². The molecule has 1 aromatic rings. The molecule has 0 atom stereocenters. The molecule has 4 nitrogen and oxygen atoms in total. The summed E-state index contributed by atoms with van der Waals surface area (Å²) in [5, 5.41) is 3.51. The second-order valence-corrected chi connectivity index (χ2v) is 4.42. The Morgan fingerprint density at radius 3 is 2.75 bits per heavy atom. The summed E-state index contributed by atoms with van der Waals surface area (Å²) in [7, 11) is 0. The van der Waals surface area contributed by atoms with Gasteiger partial charge in [0.15, 0.2) is 0 Å². The molecular weight excluding hydrogens is 200 g/mol. The van der Waals surface area contributed by atoms with Gasteiger partial charge in [0.05, 0.1) is 0 Å². The van der Waals surface area contributed by atoms with E-state index >= 15 is 0 Å². The molecule has 0 aromatic carbocycles. The molecule has 2 rings (SSSR count). The first kappa shape index (κ1) is 11.2. The van der Waals surface area contributed by atoms with Crippen molar-refractivity contribution in [1.82, 2.24) is 9.97 Å². The fraction of sp³-hybridized carbons (Fsp3) is 0.667. The zero-order valence-electron chi connectivity index (χ0n) is 9.87. The average molecular weight is 220 g/mol. The van der Waals surface area contributed by atoms with Crippen LogP contribution < -0.4 is 11.1 Å². The highest BCUT2D eigenvalue weighted by Gasteiger charge is 2.15. The summed E-state index contributed by atoms with van der Waals surface area (Å²) in [6.07, 6.45) is 8.91. The summed E-state index contributed by atoms with van der Waals surface area (Å²) in [5.74, 6) is 1.54. The lowest BCUT2D eigenvalue weighted by atomic mass is 9.95. The number of aromatic nitrogens is 2. The lowest BCUT2D eigenvalue weighted by Gasteiger charge is -2.24. The topological polar surface area (TPSA) is 63.8 Å². The van der Waals surface area contributed by atoms with E-state index in [4.69, 9.17) is 5.73 Å². The first-order chi connectivity index (χ1) is 7.81. The lowest BCUT2D eigenvalue weighted by molar-refractivity contribution is 0.461. The summed E-state index contributed by atoms with van der Waals surface area (Å²) in [6.45, 7) is 2.08. The van der Waals surface area contributed by atoms with E-state index in [-0.39, 0.29) is 0 Å². The van der Waals surface area contributed by atoms with Crippen LogP contribution in [0.4, 0.5) is 11.6 Å². The molecule has 0 radical (unpaired) electrons. The van der Waals surface area contributed by atoms with Crippen LogP contribution in [0.2, 0.25) is 0 Å². The van der Waals surface area contributed by atoms with Gasteiger partial charge in [0.25, 0.3) is 0 Å². The molecule has 0 aliphatic heterocycles. The van der Waals surface area contributed by atoms with Crippen LogP contribution in [0.5, 0.6) is 0 Å². The molecule has 88 valence electrons. The Morgan fingerprint density at radius 1 is 1.31 bits per heavy atom. The van der Waals surface area contributed by atoms with Gasteiger partial charge >= 0.3 is 0 Å². The van der Waals surface area contributed by atoms with Gasteiger partial charge in [-0.15, -0.1) is 0 Å². The van der Waals surface area contributed by atoms with E-state index in [2.05, 4.69) is 22.2 Å². The van der Waals surface area contributed by atoms with Crippen LogP contribution >= 0.6 is 0 Å². The Kier molecular flexibility index (Phi) is 3.59. The number of anilines is 2. The molecule has 1 aromatic heterocycles. The Bertz CT molecular complexity index is 345. The molecule has 3 N–H and O–H groups in total. The minimum Gasteiger partial charge on any atom is -0.383 e. The molecule has 0 bridgehead atoms. The Hall–Kier alpha value is -1.32. The summed E-state index contributed by atoms with van der Waals surface area (Å²) in [4.78, 5) is 8.33. The van der Waals surface area contributed by atoms with Crippen molar-refractivity contribution in [3.63, 3.8) is 0 Å². The highest BCUT2D eigenvalue weighted by molar-refractivity contribution is 5.55. The number of nitrogens with two attached hydrogens (primary N) is 1. The van der Waals surface area contributed by atoms with E-state index in [9.17, 15) is 0 Å². The quantitative estimate of drug-likeness (QED) is 0.820. The number of rotatable bonds is 3. The Morgan fingerprint density at radius 2 is 2.06 bits per heavy atom. The fourth-order valence-corrected chi connectivity index (χ4v) is 2.34. The van der Waals surface area contributed by atoms with E-state index in [1.807, 2.05) is 0 Å². The third-order valence-electron chi connectivity index (χ3n) is 3.28. The number of hydrogen-bond donors (Lipinski definition) is 2. The van der Waals surface area contributed by atoms with Gasteiger partial charge in [-0.3, -0.25) is 0 Å². The van der Waals surface area contributed by atoms with Gasteiger partial charge in [-0.05, 0) is 19.3 Å². The van der Waals surface area contributed by atoms with Crippen molar-refractivity contribution >= 4 is 11.6 Å². The standard InChI is InChI=1S/C12H20N4/c1-2-10-11(13)14-8-15-12(10)16-9-6-4-3-5-7-9/h8-9H,2-7H2,1H3,(H3,13,14,15,16). The maximum Gasteiger partial charge on any atom is 0.134 e. The number of hydrogen-bond acceptors (Lipinski definition) is 4. The van der Waals surface area contributed by atoms with E-state index in [1.165, 1.54) is 32.1 Å². The summed E-state index contributed by atoms with van der Waals surface area (Å²) in [6, 6.07) is 0.563. The van der Waals surface area contributed by atoms with E-state index in [1.54, 1.807) is 6.33 Å². The summed E-state index contributed by atoms with van der Waals surface area (Å²) in [5.41, 5.74) is 6.90. The van der Waals surface area contributed by atoms with E-state index in [0.29, 0.717) is 11.9 Å². The zero-order valence-corrected chi connectivity index (χ0v) is 9.87. The van der Waals surface area contributed by atoms with Crippen LogP contribution in [-0.4, -0.2) is 16.0 Å². The predicted octanol–water partition coefficient (Wildman–Crippen LogP) is 2.37. The van der Waals surface area contributed by atoms with Gasteiger partial charge in [0, 0.05) is 11.6 Å². The van der Waals surface area contributed by atoms with Crippen LogP contribution in [0, 0.1) is 0 Å². The molecule has 0 saturated heterocycles. The highest BCUT2D eigenvalue weighted by Crippen LogP contribution is 2.24. The minimum atomic E-state index is 0.563. The largest absolute Gasteiger partial charge is 0.383 e. The molecule has 1 aliphatic carbocycles. The number of nitrogen functional groups attached to an aromatic ring is 1. The molecule has 16 heavy (non-hydrogen) atoms. The van der Waals surface area contributed by atoms with Gasteiger partial charge in [0.2, 0.25) is 0 Å². The average Bonchev–Trinajstić information content (AvgIpc) is 2.31. The molecule has 1 aliphatic rings. The Balaban J connectivity index is 2.10. The molecule has 1 saturated carbocycles. The van der Waals surface area contributed by atoms with Crippen molar-refractivity contribution in [1.29, 1.82) is 0 Å². The van der Waals surface area contributed by atoms with Crippen molar-refractivity contribution in [2.75, 3.05) is 11.1 Å². The van der Waals surface area contributed by atoms with Crippen molar-refractivity contribution < 1.29 is 0 Å². The lowest BCUT2D eigenvalue weighted by Crippen LogP contribution is -2.24. The van der Waals surface area contributed by atoms with Crippen LogP contribution in [0.15, 0.2) is 6.33 Å². The molecule has 4 heteroatoms. The second kappa shape index (κ2) is 5.14. The first-order valence-electron chi connectivity index (χ1n) is 6.17. The van der Waals surface area contributed by atoms with Gasteiger partial charge in [-0.1, -0.05) is 26.2 Å².